The highest BCUT2D eigenvalue weighted by atomic mass is 32.2. The number of thioether (sulfide) groups is 1. The van der Waals surface area contributed by atoms with Crippen LogP contribution < -0.4 is 5.32 Å². The summed E-state index contributed by atoms with van der Waals surface area (Å²) in [6.07, 6.45) is 2.77. The number of nitrogens with one attached hydrogen (secondary N) is 1. The van der Waals surface area contributed by atoms with Gasteiger partial charge in [-0.3, -0.25) is 4.79 Å². The van der Waals surface area contributed by atoms with E-state index in [9.17, 15) is 4.79 Å². The lowest BCUT2D eigenvalue weighted by atomic mass is 10.1. The minimum Gasteiger partial charge on any atom is -0.325 e. The molecule has 0 aliphatic rings. The van der Waals surface area contributed by atoms with Crippen LogP contribution in [-0.4, -0.2) is 16.6 Å². The predicted octanol–water partition coefficient (Wildman–Crippen LogP) is 3.68. The normalized spacial score (nSPS) is 10.3. The monoisotopic (exact) mass is 286 g/mol. The first-order valence-corrected chi connectivity index (χ1v) is 7.60. The average Bonchev–Trinajstić information content (AvgIpc) is 2.47. The summed E-state index contributed by atoms with van der Waals surface area (Å²) >= 11 is 1.44. The minimum atomic E-state index is -0.00868. The maximum atomic E-state index is 11.9. The average molecular weight is 286 g/mol. The van der Waals surface area contributed by atoms with Crippen LogP contribution >= 0.6 is 11.8 Å². The molecule has 0 atom stereocenters. The van der Waals surface area contributed by atoms with Crippen LogP contribution in [0.4, 0.5) is 5.69 Å². The molecule has 0 fully saturated rings. The highest BCUT2D eigenvalue weighted by Gasteiger charge is 2.04. The number of amides is 1. The largest absolute Gasteiger partial charge is 0.325 e. The van der Waals surface area contributed by atoms with Gasteiger partial charge in [0.25, 0.3) is 0 Å². The lowest BCUT2D eigenvalue weighted by Crippen LogP contribution is -2.14. The van der Waals surface area contributed by atoms with Crippen molar-refractivity contribution in [1.29, 1.82) is 0 Å². The Morgan fingerprint density at radius 1 is 1.30 bits per heavy atom. The van der Waals surface area contributed by atoms with Crippen LogP contribution in [0.25, 0.3) is 0 Å². The Bertz CT molecular complexity index is 581. The number of rotatable bonds is 5. The number of nitrogens with zero attached hydrogens (tertiary/aromatic N) is 1. The molecule has 1 amide bonds. The summed E-state index contributed by atoms with van der Waals surface area (Å²) in [5.41, 5.74) is 3.19. The van der Waals surface area contributed by atoms with E-state index >= 15 is 0 Å². The summed E-state index contributed by atoms with van der Waals surface area (Å²) < 4.78 is 0. The van der Waals surface area contributed by atoms with Crippen LogP contribution in [0.2, 0.25) is 0 Å². The topological polar surface area (TPSA) is 42.0 Å². The van der Waals surface area contributed by atoms with E-state index in [0.29, 0.717) is 5.75 Å². The lowest BCUT2D eigenvalue weighted by molar-refractivity contribution is -0.113. The van der Waals surface area contributed by atoms with Gasteiger partial charge in [0.1, 0.15) is 0 Å². The van der Waals surface area contributed by atoms with Crippen molar-refractivity contribution in [3.8, 4) is 0 Å². The Morgan fingerprint density at radius 2 is 2.15 bits per heavy atom. The zero-order valence-corrected chi connectivity index (χ0v) is 12.5. The number of anilines is 1. The number of aryl methyl sites for hydroxylation is 2. The van der Waals surface area contributed by atoms with E-state index in [-0.39, 0.29) is 5.91 Å². The molecule has 3 nitrogen and oxygen atoms in total. The van der Waals surface area contributed by atoms with Gasteiger partial charge in [0.2, 0.25) is 5.91 Å². The molecule has 0 unspecified atom stereocenters. The van der Waals surface area contributed by atoms with Gasteiger partial charge in [-0.2, -0.15) is 0 Å². The molecular formula is C16H18N2OS. The summed E-state index contributed by atoms with van der Waals surface area (Å²) in [5.74, 6) is 0.359. The quantitative estimate of drug-likeness (QED) is 0.852. The van der Waals surface area contributed by atoms with Crippen LogP contribution in [0.5, 0.6) is 0 Å². The number of pyridine rings is 1. The second kappa shape index (κ2) is 7.10. The van der Waals surface area contributed by atoms with Crippen molar-refractivity contribution in [1.82, 2.24) is 4.98 Å². The van der Waals surface area contributed by atoms with E-state index in [1.165, 1.54) is 17.3 Å². The van der Waals surface area contributed by atoms with E-state index in [1.54, 1.807) is 0 Å². The molecular weight excluding hydrogens is 268 g/mol. The Morgan fingerprint density at radius 3 is 2.85 bits per heavy atom. The summed E-state index contributed by atoms with van der Waals surface area (Å²) in [5, 5.41) is 3.78. The molecule has 1 aromatic heterocycles. The summed E-state index contributed by atoms with van der Waals surface area (Å²) in [6.45, 7) is 4.09. The molecule has 1 N–H and O–H groups in total. The number of hydrogen-bond donors (Lipinski definition) is 1. The zero-order chi connectivity index (χ0) is 14.4. The van der Waals surface area contributed by atoms with E-state index in [2.05, 4.69) is 23.3 Å². The molecule has 0 spiro atoms. The van der Waals surface area contributed by atoms with Crippen molar-refractivity contribution in [3.63, 3.8) is 0 Å². The van der Waals surface area contributed by atoms with E-state index in [4.69, 9.17) is 0 Å². The molecule has 4 heteroatoms. The molecule has 0 bridgehead atoms. The first-order chi connectivity index (χ1) is 9.67. The third-order valence-corrected chi connectivity index (χ3v) is 3.80. The second-order valence-corrected chi connectivity index (χ2v) is 5.56. The number of benzene rings is 1. The van der Waals surface area contributed by atoms with Gasteiger partial charge < -0.3 is 5.32 Å². The lowest BCUT2D eigenvalue weighted by Gasteiger charge is -2.06. The molecule has 104 valence electrons. The van der Waals surface area contributed by atoms with Gasteiger partial charge in [0.15, 0.2) is 0 Å². The van der Waals surface area contributed by atoms with Crippen molar-refractivity contribution in [2.75, 3.05) is 11.1 Å². The van der Waals surface area contributed by atoms with Crippen molar-refractivity contribution < 1.29 is 4.79 Å². The first kappa shape index (κ1) is 14.6. The second-order valence-electron chi connectivity index (χ2n) is 4.56. The van der Waals surface area contributed by atoms with Crippen LogP contribution in [0.15, 0.2) is 47.6 Å². The molecule has 0 saturated carbocycles. The van der Waals surface area contributed by atoms with Crippen LogP contribution in [-0.2, 0) is 11.2 Å². The van der Waals surface area contributed by atoms with Gasteiger partial charge in [0, 0.05) is 11.9 Å². The fourth-order valence-electron chi connectivity index (χ4n) is 1.75. The van der Waals surface area contributed by atoms with E-state index < -0.39 is 0 Å². The SMILES string of the molecule is CCc1cccc(NC(=O)CSc2ccc(C)cn2)c1. The van der Waals surface area contributed by atoms with Crippen molar-refractivity contribution in [2.45, 2.75) is 25.3 Å². The van der Waals surface area contributed by atoms with Gasteiger partial charge in [-0.15, -0.1) is 0 Å². The Kier molecular flexibility index (Phi) is 5.18. The van der Waals surface area contributed by atoms with Crippen LogP contribution in [0.1, 0.15) is 18.1 Å². The number of hydrogen-bond acceptors (Lipinski definition) is 3. The predicted molar refractivity (Wildman–Crippen MR) is 84.1 cm³/mol. The standard InChI is InChI=1S/C16H18N2OS/c1-3-13-5-4-6-14(9-13)18-15(19)11-20-16-8-7-12(2)10-17-16/h4-10H,3,11H2,1-2H3,(H,18,19). The van der Waals surface area contributed by atoms with Crippen molar-refractivity contribution in [3.05, 3.63) is 53.7 Å². The summed E-state index contributed by atoms with van der Waals surface area (Å²) in [7, 11) is 0. The van der Waals surface area contributed by atoms with Gasteiger partial charge in [-0.05, 0) is 42.7 Å². The van der Waals surface area contributed by atoms with Gasteiger partial charge >= 0.3 is 0 Å². The highest BCUT2D eigenvalue weighted by Crippen LogP contribution is 2.16. The maximum absolute atomic E-state index is 11.9. The smallest absolute Gasteiger partial charge is 0.234 e. The van der Waals surface area contributed by atoms with E-state index in [1.807, 2.05) is 43.5 Å². The van der Waals surface area contributed by atoms with Crippen molar-refractivity contribution >= 4 is 23.4 Å². The number of carbonyl (C=O) groups excluding carboxylic acids is 1. The molecule has 0 saturated heterocycles. The molecule has 1 heterocycles. The molecule has 20 heavy (non-hydrogen) atoms. The van der Waals surface area contributed by atoms with E-state index in [0.717, 1.165) is 22.7 Å². The Hall–Kier alpha value is -1.81. The third kappa shape index (κ3) is 4.38. The van der Waals surface area contributed by atoms with Gasteiger partial charge in [0.05, 0.1) is 10.8 Å². The molecule has 0 radical (unpaired) electrons. The van der Waals surface area contributed by atoms with Crippen LogP contribution in [0.3, 0.4) is 0 Å². The first-order valence-electron chi connectivity index (χ1n) is 6.61. The molecule has 1 aromatic carbocycles. The van der Waals surface area contributed by atoms with Crippen molar-refractivity contribution in [2.24, 2.45) is 0 Å². The molecule has 2 aromatic rings. The fraction of sp³-hybridized carbons (Fsp3) is 0.250. The summed E-state index contributed by atoms with van der Waals surface area (Å²) in [4.78, 5) is 16.2. The highest BCUT2D eigenvalue weighted by molar-refractivity contribution is 7.99. The zero-order valence-electron chi connectivity index (χ0n) is 11.7. The third-order valence-electron chi connectivity index (χ3n) is 2.85. The Balaban J connectivity index is 1.87. The maximum Gasteiger partial charge on any atom is 0.234 e. The van der Waals surface area contributed by atoms with Crippen LogP contribution in [0, 0.1) is 6.92 Å². The number of carbonyl (C=O) groups is 1. The molecule has 0 aliphatic carbocycles. The van der Waals surface area contributed by atoms with Gasteiger partial charge in [-0.25, -0.2) is 4.98 Å². The minimum absolute atomic E-state index is 0.00868. The summed E-state index contributed by atoms with van der Waals surface area (Å²) in [6, 6.07) is 11.9. The molecule has 0 aliphatic heterocycles. The Labute approximate surface area is 123 Å². The van der Waals surface area contributed by atoms with Gasteiger partial charge in [-0.1, -0.05) is 36.9 Å². The fourth-order valence-corrected chi connectivity index (χ4v) is 2.39. The molecule has 2 rings (SSSR count). The number of aromatic nitrogens is 1.